The Bertz CT molecular complexity index is 1010. The van der Waals surface area contributed by atoms with Crippen LogP contribution in [0.2, 0.25) is 0 Å². The predicted octanol–water partition coefficient (Wildman–Crippen LogP) is 3.65. The van der Waals surface area contributed by atoms with Crippen LogP contribution < -0.4 is 4.90 Å². The molecule has 1 aromatic carbocycles. The maximum atomic E-state index is 4.48. The number of benzene rings is 1. The lowest BCUT2D eigenvalue weighted by molar-refractivity contribution is 0.460. The third-order valence-corrected chi connectivity index (χ3v) is 5.07. The molecule has 1 saturated heterocycles. The molecule has 0 aliphatic carbocycles. The zero-order chi connectivity index (χ0) is 16.8. The molecule has 4 aromatic rings. The molecule has 0 spiro atoms. The van der Waals surface area contributed by atoms with E-state index in [2.05, 4.69) is 61.3 Å². The highest BCUT2D eigenvalue weighted by molar-refractivity contribution is 5.80. The molecule has 0 radical (unpaired) electrons. The summed E-state index contributed by atoms with van der Waals surface area (Å²) in [5, 5.41) is 5.66. The number of anilines is 1. The topological polar surface area (TPSA) is 62.1 Å². The molecular weight excluding hydrogens is 312 g/mol. The van der Waals surface area contributed by atoms with Gasteiger partial charge in [0.25, 0.3) is 5.78 Å². The van der Waals surface area contributed by atoms with E-state index in [1.807, 2.05) is 11.4 Å². The second-order valence-electron chi connectivity index (χ2n) is 6.74. The molecular formula is C19H20N6. The summed E-state index contributed by atoms with van der Waals surface area (Å²) in [6.45, 7) is 3.03. The Labute approximate surface area is 145 Å². The van der Waals surface area contributed by atoms with E-state index < -0.39 is 0 Å². The Hall–Kier alpha value is -2.89. The summed E-state index contributed by atoms with van der Waals surface area (Å²) < 4.78 is 1.86. The van der Waals surface area contributed by atoms with Gasteiger partial charge in [0.2, 0.25) is 0 Å². The first-order valence-electron chi connectivity index (χ1n) is 8.81. The summed E-state index contributed by atoms with van der Waals surface area (Å²) in [5.74, 6) is 1.74. The number of aromatic amines is 1. The first kappa shape index (κ1) is 14.5. The summed E-state index contributed by atoms with van der Waals surface area (Å²) >= 11 is 0. The Balaban J connectivity index is 1.63. The third-order valence-electron chi connectivity index (χ3n) is 5.07. The van der Waals surface area contributed by atoms with Gasteiger partial charge < -0.3 is 9.88 Å². The van der Waals surface area contributed by atoms with Crippen molar-refractivity contribution in [1.29, 1.82) is 0 Å². The highest BCUT2D eigenvalue weighted by Crippen LogP contribution is 2.35. The van der Waals surface area contributed by atoms with E-state index in [0.717, 1.165) is 24.5 Å². The Morgan fingerprint density at radius 1 is 1.16 bits per heavy atom. The average molecular weight is 332 g/mol. The van der Waals surface area contributed by atoms with Crippen LogP contribution in [-0.2, 0) is 0 Å². The fourth-order valence-electron chi connectivity index (χ4n) is 3.92. The molecule has 3 aromatic heterocycles. The Morgan fingerprint density at radius 2 is 2.08 bits per heavy atom. The van der Waals surface area contributed by atoms with Crippen molar-refractivity contribution in [3.05, 3.63) is 54.1 Å². The third kappa shape index (κ3) is 2.36. The van der Waals surface area contributed by atoms with E-state index >= 15 is 0 Å². The summed E-state index contributed by atoms with van der Waals surface area (Å²) in [6.07, 6.45) is 5.13. The fraction of sp³-hybridized carbons (Fsp3) is 0.316. The molecule has 5 rings (SSSR count). The van der Waals surface area contributed by atoms with Crippen molar-refractivity contribution in [2.75, 3.05) is 11.4 Å². The number of para-hydroxylation sites is 1. The summed E-state index contributed by atoms with van der Waals surface area (Å²) in [5.41, 5.74) is 3.43. The number of fused-ring (bicyclic) bond motifs is 2. The molecule has 25 heavy (non-hydrogen) atoms. The lowest BCUT2D eigenvalue weighted by Crippen LogP contribution is -2.35. The number of hydrogen-bond donors (Lipinski definition) is 1. The van der Waals surface area contributed by atoms with Crippen LogP contribution in [0.3, 0.4) is 0 Å². The van der Waals surface area contributed by atoms with E-state index in [-0.39, 0.29) is 0 Å². The minimum absolute atomic E-state index is 0.315. The largest absolute Gasteiger partial charge is 0.357 e. The SMILES string of the molecule is Cc1cc(N2CCCC[C@H]2c2cc3ccccc3[nH]2)n2ncnc2n1. The number of nitrogens with one attached hydrogen (secondary N) is 1. The quantitative estimate of drug-likeness (QED) is 0.609. The van der Waals surface area contributed by atoms with Gasteiger partial charge in [-0.15, -0.1) is 0 Å². The zero-order valence-corrected chi connectivity index (χ0v) is 14.2. The van der Waals surface area contributed by atoms with E-state index in [9.17, 15) is 0 Å². The Morgan fingerprint density at radius 3 is 3.00 bits per heavy atom. The number of piperidine rings is 1. The van der Waals surface area contributed by atoms with Gasteiger partial charge in [-0.3, -0.25) is 0 Å². The van der Waals surface area contributed by atoms with Crippen LogP contribution >= 0.6 is 0 Å². The van der Waals surface area contributed by atoms with E-state index in [1.165, 1.54) is 29.4 Å². The number of H-pyrrole nitrogens is 1. The van der Waals surface area contributed by atoms with Crippen LogP contribution in [0.5, 0.6) is 0 Å². The first-order chi connectivity index (χ1) is 12.3. The zero-order valence-electron chi connectivity index (χ0n) is 14.2. The Kier molecular flexibility index (Phi) is 3.23. The lowest BCUT2D eigenvalue weighted by atomic mass is 9.99. The van der Waals surface area contributed by atoms with Gasteiger partial charge in [-0.25, -0.2) is 4.98 Å². The van der Waals surface area contributed by atoms with Crippen molar-refractivity contribution in [2.45, 2.75) is 32.2 Å². The molecule has 0 saturated carbocycles. The van der Waals surface area contributed by atoms with Crippen LogP contribution in [0.1, 0.15) is 36.7 Å². The molecule has 1 aliphatic rings. The molecule has 126 valence electrons. The van der Waals surface area contributed by atoms with Crippen LogP contribution in [0, 0.1) is 6.92 Å². The highest BCUT2D eigenvalue weighted by atomic mass is 15.4. The van der Waals surface area contributed by atoms with Crippen LogP contribution in [0.25, 0.3) is 16.7 Å². The molecule has 0 unspecified atom stereocenters. The molecule has 6 heteroatoms. The van der Waals surface area contributed by atoms with Gasteiger partial charge in [0.05, 0.1) is 6.04 Å². The monoisotopic (exact) mass is 332 g/mol. The minimum atomic E-state index is 0.315. The number of aryl methyl sites for hydroxylation is 1. The lowest BCUT2D eigenvalue weighted by Gasteiger charge is -2.37. The predicted molar refractivity (Wildman–Crippen MR) is 97.8 cm³/mol. The highest BCUT2D eigenvalue weighted by Gasteiger charge is 2.28. The number of nitrogens with zero attached hydrogens (tertiary/aromatic N) is 5. The van der Waals surface area contributed by atoms with Gasteiger partial charge in [0.1, 0.15) is 12.1 Å². The number of rotatable bonds is 2. The van der Waals surface area contributed by atoms with E-state index in [4.69, 9.17) is 0 Å². The smallest absolute Gasteiger partial charge is 0.254 e. The van der Waals surface area contributed by atoms with Crippen molar-refractivity contribution in [3.8, 4) is 0 Å². The van der Waals surface area contributed by atoms with Crippen molar-refractivity contribution >= 4 is 22.5 Å². The van der Waals surface area contributed by atoms with Gasteiger partial charge in [-0.1, -0.05) is 18.2 Å². The van der Waals surface area contributed by atoms with E-state index in [1.54, 1.807) is 6.33 Å². The molecule has 1 N–H and O–H groups in total. The standard InChI is InChI=1S/C19H20N6/c1-13-10-18(25-19(22-13)20-12-21-25)24-9-5-4-8-17(24)16-11-14-6-2-3-7-15(14)23-16/h2-3,6-7,10-12,17,23H,4-5,8-9H2,1H3/t17-/m0/s1. The molecule has 1 fully saturated rings. The van der Waals surface area contributed by atoms with Crippen molar-refractivity contribution < 1.29 is 0 Å². The van der Waals surface area contributed by atoms with Gasteiger partial charge in [0.15, 0.2) is 0 Å². The minimum Gasteiger partial charge on any atom is -0.357 e. The van der Waals surface area contributed by atoms with Crippen molar-refractivity contribution in [1.82, 2.24) is 24.6 Å². The molecule has 1 atom stereocenters. The summed E-state index contributed by atoms with van der Waals surface area (Å²) in [7, 11) is 0. The van der Waals surface area contributed by atoms with Gasteiger partial charge in [-0.2, -0.15) is 14.6 Å². The maximum absolute atomic E-state index is 4.48. The second-order valence-corrected chi connectivity index (χ2v) is 6.74. The normalized spacial score (nSPS) is 18.3. The van der Waals surface area contributed by atoms with Gasteiger partial charge in [-0.05, 0) is 43.7 Å². The van der Waals surface area contributed by atoms with Crippen LogP contribution in [0.4, 0.5) is 5.82 Å². The molecule has 0 bridgehead atoms. The molecule has 0 amide bonds. The second kappa shape index (κ2) is 5.58. The van der Waals surface area contributed by atoms with Gasteiger partial charge in [0, 0.05) is 29.5 Å². The van der Waals surface area contributed by atoms with Crippen molar-refractivity contribution in [2.24, 2.45) is 0 Å². The fourth-order valence-corrected chi connectivity index (χ4v) is 3.92. The number of aromatic nitrogens is 5. The van der Waals surface area contributed by atoms with Crippen molar-refractivity contribution in [3.63, 3.8) is 0 Å². The molecule has 6 nitrogen and oxygen atoms in total. The number of hydrogen-bond acceptors (Lipinski definition) is 4. The van der Waals surface area contributed by atoms with Gasteiger partial charge >= 0.3 is 0 Å². The maximum Gasteiger partial charge on any atom is 0.254 e. The molecule has 4 heterocycles. The van der Waals surface area contributed by atoms with Crippen LogP contribution in [0.15, 0.2) is 42.7 Å². The first-order valence-corrected chi connectivity index (χ1v) is 8.81. The summed E-state index contributed by atoms with van der Waals surface area (Å²) in [6, 6.07) is 13.2. The average Bonchev–Trinajstić information content (AvgIpc) is 3.27. The van der Waals surface area contributed by atoms with E-state index in [0.29, 0.717) is 11.8 Å². The summed E-state index contributed by atoms with van der Waals surface area (Å²) in [4.78, 5) is 14.8. The molecule has 1 aliphatic heterocycles. The van der Waals surface area contributed by atoms with Crippen LogP contribution in [-0.4, -0.2) is 31.1 Å².